The Balaban J connectivity index is 1.94. The van der Waals surface area contributed by atoms with E-state index in [1.165, 1.54) is 0 Å². The van der Waals surface area contributed by atoms with Crippen LogP contribution < -0.4 is 0 Å². The van der Waals surface area contributed by atoms with Gasteiger partial charge in [0.25, 0.3) is 0 Å². The van der Waals surface area contributed by atoms with Crippen molar-refractivity contribution in [1.29, 1.82) is 0 Å². The Labute approximate surface area is 112 Å². The fourth-order valence-corrected chi connectivity index (χ4v) is 1.90. The van der Waals surface area contributed by atoms with Crippen molar-refractivity contribution in [1.82, 2.24) is 4.90 Å². The Kier molecular flexibility index (Phi) is 4.00. The number of hydrogen-bond donors (Lipinski definition) is 1. The molecule has 0 unspecified atom stereocenters. The SMILES string of the molecule is CN(Cc1ccc(C=CC(=O)O)cc1)C(=O)C1CC1. The lowest BCUT2D eigenvalue weighted by Crippen LogP contribution is -2.27. The van der Waals surface area contributed by atoms with Gasteiger partial charge in [-0.2, -0.15) is 0 Å². The summed E-state index contributed by atoms with van der Waals surface area (Å²) in [6.07, 6.45) is 4.69. The number of rotatable bonds is 5. The van der Waals surface area contributed by atoms with Crippen LogP contribution in [0.25, 0.3) is 6.08 Å². The summed E-state index contributed by atoms with van der Waals surface area (Å²) in [6, 6.07) is 7.53. The summed E-state index contributed by atoms with van der Waals surface area (Å²) >= 11 is 0. The quantitative estimate of drug-likeness (QED) is 0.824. The predicted octanol–water partition coefficient (Wildman–Crippen LogP) is 2.15. The molecule has 1 aliphatic rings. The van der Waals surface area contributed by atoms with Crippen molar-refractivity contribution < 1.29 is 14.7 Å². The summed E-state index contributed by atoms with van der Waals surface area (Å²) < 4.78 is 0. The first kappa shape index (κ1) is 13.3. The number of nitrogens with zero attached hydrogens (tertiary/aromatic N) is 1. The molecule has 100 valence electrons. The average Bonchev–Trinajstić information content (AvgIpc) is 3.21. The molecule has 4 nitrogen and oxygen atoms in total. The van der Waals surface area contributed by atoms with Gasteiger partial charge in [0.15, 0.2) is 0 Å². The molecule has 0 radical (unpaired) electrons. The smallest absolute Gasteiger partial charge is 0.328 e. The van der Waals surface area contributed by atoms with E-state index in [-0.39, 0.29) is 11.8 Å². The minimum absolute atomic E-state index is 0.217. The molecule has 0 saturated heterocycles. The van der Waals surface area contributed by atoms with Gasteiger partial charge in [-0.05, 0) is 30.0 Å². The molecular formula is C15H17NO3. The average molecular weight is 259 g/mol. The maximum Gasteiger partial charge on any atom is 0.328 e. The molecule has 0 heterocycles. The van der Waals surface area contributed by atoms with E-state index in [0.29, 0.717) is 6.54 Å². The molecule has 2 rings (SSSR count). The van der Waals surface area contributed by atoms with Crippen molar-refractivity contribution in [3.63, 3.8) is 0 Å². The highest BCUT2D eigenvalue weighted by Crippen LogP contribution is 2.30. The molecular weight excluding hydrogens is 242 g/mol. The van der Waals surface area contributed by atoms with Crippen molar-refractivity contribution in [2.75, 3.05) is 7.05 Å². The second-order valence-corrected chi connectivity index (χ2v) is 4.88. The Hall–Kier alpha value is -2.10. The summed E-state index contributed by atoms with van der Waals surface area (Å²) in [5, 5.41) is 8.54. The van der Waals surface area contributed by atoms with Crippen molar-refractivity contribution in [2.24, 2.45) is 5.92 Å². The molecule has 0 aliphatic heterocycles. The van der Waals surface area contributed by atoms with Crippen LogP contribution in [0.2, 0.25) is 0 Å². The zero-order valence-corrected chi connectivity index (χ0v) is 10.9. The van der Waals surface area contributed by atoms with E-state index in [1.807, 2.05) is 31.3 Å². The highest BCUT2D eigenvalue weighted by molar-refractivity contribution is 5.85. The van der Waals surface area contributed by atoms with E-state index in [0.717, 1.165) is 30.0 Å². The topological polar surface area (TPSA) is 57.6 Å². The van der Waals surface area contributed by atoms with E-state index in [9.17, 15) is 9.59 Å². The zero-order chi connectivity index (χ0) is 13.8. The molecule has 1 N–H and O–H groups in total. The number of amides is 1. The van der Waals surface area contributed by atoms with Gasteiger partial charge >= 0.3 is 5.97 Å². The van der Waals surface area contributed by atoms with E-state index >= 15 is 0 Å². The summed E-state index contributed by atoms with van der Waals surface area (Å²) in [7, 11) is 1.82. The van der Waals surface area contributed by atoms with Gasteiger partial charge in [-0.1, -0.05) is 24.3 Å². The lowest BCUT2D eigenvalue weighted by Gasteiger charge is -2.17. The number of aliphatic carboxylic acids is 1. The normalized spacial score (nSPS) is 14.6. The van der Waals surface area contributed by atoms with Crippen LogP contribution in [0, 0.1) is 5.92 Å². The summed E-state index contributed by atoms with van der Waals surface area (Å²) in [6.45, 7) is 0.595. The maximum atomic E-state index is 11.8. The minimum atomic E-state index is -0.959. The number of carboxylic acid groups (broad SMARTS) is 1. The third-order valence-corrected chi connectivity index (χ3v) is 3.12. The van der Waals surface area contributed by atoms with Crippen LogP contribution in [0.5, 0.6) is 0 Å². The largest absolute Gasteiger partial charge is 0.478 e. The molecule has 4 heteroatoms. The summed E-state index contributed by atoms with van der Waals surface area (Å²) in [5.41, 5.74) is 1.88. The first-order chi connectivity index (χ1) is 9.06. The summed E-state index contributed by atoms with van der Waals surface area (Å²) in [4.78, 5) is 24.0. The van der Waals surface area contributed by atoms with Gasteiger partial charge in [0, 0.05) is 25.6 Å². The van der Waals surface area contributed by atoms with Crippen molar-refractivity contribution >= 4 is 18.0 Å². The predicted molar refractivity (Wildman–Crippen MR) is 72.3 cm³/mol. The van der Waals surface area contributed by atoms with Crippen LogP contribution in [0.1, 0.15) is 24.0 Å². The molecule has 0 spiro atoms. The Morgan fingerprint density at radius 2 is 1.95 bits per heavy atom. The first-order valence-electron chi connectivity index (χ1n) is 6.31. The van der Waals surface area contributed by atoms with Crippen LogP contribution in [0.4, 0.5) is 0 Å². The lowest BCUT2D eigenvalue weighted by atomic mass is 10.1. The number of carbonyl (C=O) groups is 2. The zero-order valence-electron chi connectivity index (χ0n) is 10.9. The van der Waals surface area contributed by atoms with E-state index in [4.69, 9.17) is 5.11 Å². The highest BCUT2D eigenvalue weighted by atomic mass is 16.4. The molecule has 19 heavy (non-hydrogen) atoms. The Morgan fingerprint density at radius 3 is 2.47 bits per heavy atom. The third kappa shape index (κ3) is 3.95. The maximum absolute atomic E-state index is 11.8. The number of benzene rings is 1. The standard InChI is InChI=1S/C15H17NO3/c1-16(15(19)13-7-8-13)10-12-4-2-11(3-5-12)6-9-14(17)18/h2-6,9,13H,7-8,10H2,1H3,(H,17,18). The van der Waals surface area contributed by atoms with Crippen LogP contribution >= 0.6 is 0 Å². The van der Waals surface area contributed by atoms with E-state index in [2.05, 4.69) is 0 Å². The third-order valence-electron chi connectivity index (χ3n) is 3.12. The molecule has 1 aromatic rings. The second kappa shape index (κ2) is 5.69. The van der Waals surface area contributed by atoms with Crippen LogP contribution in [-0.2, 0) is 16.1 Å². The van der Waals surface area contributed by atoms with Crippen molar-refractivity contribution in [3.8, 4) is 0 Å². The van der Waals surface area contributed by atoms with Gasteiger partial charge in [0.05, 0.1) is 0 Å². The van der Waals surface area contributed by atoms with Crippen LogP contribution in [0.15, 0.2) is 30.3 Å². The monoisotopic (exact) mass is 259 g/mol. The van der Waals surface area contributed by atoms with Gasteiger partial charge < -0.3 is 10.0 Å². The number of carbonyl (C=O) groups excluding carboxylic acids is 1. The van der Waals surface area contributed by atoms with E-state index in [1.54, 1.807) is 11.0 Å². The second-order valence-electron chi connectivity index (χ2n) is 4.88. The van der Waals surface area contributed by atoms with Crippen molar-refractivity contribution in [3.05, 3.63) is 41.5 Å². The molecule has 1 amide bonds. The van der Waals surface area contributed by atoms with Gasteiger partial charge in [0.2, 0.25) is 5.91 Å². The van der Waals surface area contributed by atoms with E-state index < -0.39 is 5.97 Å². The van der Waals surface area contributed by atoms with Gasteiger partial charge in [0.1, 0.15) is 0 Å². The lowest BCUT2D eigenvalue weighted by molar-refractivity contribution is -0.132. The highest BCUT2D eigenvalue weighted by Gasteiger charge is 2.31. The van der Waals surface area contributed by atoms with Gasteiger partial charge in [-0.15, -0.1) is 0 Å². The number of carboxylic acids is 1. The molecule has 0 bridgehead atoms. The Bertz CT molecular complexity index is 501. The molecule has 1 aromatic carbocycles. The van der Waals surface area contributed by atoms with Crippen LogP contribution in [0.3, 0.4) is 0 Å². The fraction of sp³-hybridized carbons (Fsp3) is 0.333. The molecule has 0 aromatic heterocycles. The van der Waals surface area contributed by atoms with Crippen LogP contribution in [-0.4, -0.2) is 28.9 Å². The summed E-state index contributed by atoms with van der Waals surface area (Å²) in [5.74, 6) is -0.503. The minimum Gasteiger partial charge on any atom is -0.478 e. The molecule has 1 aliphatic carbocycles. The number of hydrogen-bond acceptors (Lipinski definition) is 2. The fourth-order valence-electron chi connectivity index (χ4n) is 1.90. The van der Waals surface area contributed by atoms with Gasteiger partial charge in [-0.3, -0.25) is 4.79 Å². The van der Waals surface area contributed by atoms with Gasteiger partial charge in [-0.25, -0.2) is 4.79 Å². The van der Waals surface area contributed by atoms with Crippen molar-refractivity contribution in [2.45, 2.75) is 19.4 Å². The molecule has 1 fully saturated rings. The first-order valence-corrected chi connectivity index (χ1v) is 6.31. The molecule has 1 saturated carbocycles. The Morgan fingerprint density at radius 1 is 1.32 bits per heavy atom. The molecule has 0 atom stereocenters.